The molecule has 1 unspecified atom stereocenters. The van der Waals surface area contributed by atoms with Crippen LogP contribution in [0.2, 0.25) is 0 Å². The third-order valence-corrected chi connectivity index (χ3v) is 4.66. The van der Waals surface area contributed by atoms with E-state index in [0.29, 0.717) is 12.2 Å². The Morgan fingerprint density at radius 2 is 2.10 bits per heavy atom. The fraction of sp³-hybridized carbons (Fsp3) is 0.600. The second kappa shape index (κ2) is 6.16. The minimum Gasteiger partial charge on any atom is -0.377 e. The van der Waals surface area contributed by atoms with Gasteiger partial charge in [0.2, 0.25) is 0 Å². The molecule has 2 nitrogen and oxygen atoms in total. The van der Waals surface area contributed by atoms with Gasteiger partial charge < -0.3 is 9.64 Å². The SMILES string of the molecule is COC1(C)CCCN(c2ccc(CBr)c(C(F)(F)F)c2)C1. The van der Waals surface area contributed by atoms with Crippen LogP contribution in [0.1, 0.15) is 30.9 Å². The lowest BCUT2D eigenvalue weighted by Gasteiger charge is -2.41. The maximum atomic E-state index is 13.1. The summed E-state index contributed by atoms with van der Waals surface area (Å²) < 4.78 is 44.9. The monoisotopic (exact) mass is 365 g/mol. The van der Waals surface area contributed by atoms with E-state index in [9.17, 15) is 13.2 Å². The molecular formula is C15H19BrF3NO. The first-order valence-corrected chi connectivity index (χ1v) is 7.97. The number of rotatable bonds is 3. The zero-order chi connectivity index (χ0) is 15.7. The Labute approximate surface area is 131 Å². The fourth-order valence-corrected chi connectivity index (χ4v) is 3.22. The van der Waals surface area contributed by atoms with E-state index in [1.165, 1.54) is 6.07 Å². The number of hydrogen-bond acceptors (Lipinski definition) is 2. The molecule has 0 N–H and O–H groups in total. The molecule has 0 bridgehead atoms. The van der Waals surface area contributed by atoms with Gasteiger partial charge in [-0.25, -0.2) is 0 Å². The van der Waals surface area contributed by atoms with Crippen molar-refractivity contribution in [2.45, 2.75) is 36.9 Å². The molecule has 1 heterocycles. The molecule has 1 aromatic carbocycles. The molecule has 6 heteroatoms. The van der Waals surface area contributed by atoms with Gasteiger partial charge in [0, 0.05) is 31.2 Å². The first kappa shape index (κ1) is 16.6. The van der Waals surface area contributed by atoms with Crippen LogP contribution >= 0.6 is 15.9 Å². The van der Waals surface area contributed by atoms with Crippen LogP contribution in [0, 0.1) is 0 Å². The Balaban J connectivity index is 2.32. The summed E-state index contributed by atoms with van der Waals surface area (Å²) in [6.45, 7) is 3.36. The number of alkyl halides is 4. The fourth-order valence-electron chi connectivity index (χ4n) is 2.73. The number of benzene rings is 1. The van der Waals surface area contributed by atoms with Crippen molar-refractivity contribution < 1.29 is 17.9 Å². The topological polar surface area (TPSA) is 12.5 Å². The molecule has 1 atom stereocenters. The Morgan fingerprint density at radius 1 is 1.38 bits per heavy atom. The summed E-state index contributed by atoms with van der Waals surface area (Å²) in [5.41, 5.74) is -0.000546. The van der Waals surface area contributed by atoms with Gasteiger partial charge in [0.15, 0.2) is 0 Å². The smallest absolute Gasteiger partial charge is 0.377 e. The van der Waals surface area contributed by atoms with Gasteiger partial charge in [-0.15, -0.1) is 0 Å². The Bertz CT molecular complexity index is 506. The molecule has 0 aromatic heterocycles. The highest BCUT2D eigenvalue weighted by atomic mass is 79.9. The van der Waals surface area contributed by atoms with E-state index in [1.807, 2.05) is 11.8 Å². The molecule has 0 spiro atoms. The molecule has 0 aliphatic carbocycles. The lowest BCUT2D eigenvalue weighted by molar-refractivity contribution is -0.138. The molecule has 1 aliphatic heterocycles. The quantitative estimate of drug-likeness (QED) is 0.725. The second-order valence-electron chi connectivity index (χ2n) is 5.65. The number of hydrogen-bond donors (Lipinski definition) is 0. The molecule has 1 aromatic rings. The highest BCUT2D eigenvalue weighted by Gasteiger charge is 2.35. The second-order valence-corrected chi connectivity index (χ2v) is 6.21. The van der Waals surface area contributed by atoms with Gasteiger partial charge in [-0.1, -0.05) is 22.0 Å². The van der Waals surface area contributed by atoms with Crippen LogP contribution in [0.3, 0.4) is 0 Å². The van der Waals surface area contributed by atoms with Crippen LogP contribution < -0.4 is 4.90 Å². The zero-order valence-corrected chi connectivity index (χ0v) is 13.7. The van der Waals surface area contributed by atoms with Crippen LogP contribution in [0.25, 0.3) is 0 Å². The van der Waals surface area contributed by atoms with Gasteiger partial charge in [-0.2, -0.15) is 13.2 Å². The molecule has 1 aliphatic rings. The van der Waals surface area contributed by atoms with Crippen molar-refractivity contribution in [3.63, 3.8) is 0 Å². The summed E-state index contributed by atoms with van der Waals surface area (Å²) in [5.74, 6) is 0. The lowest BCUT2D eigenvalue weighted by Crippen LogP contribution is -2.47. The van der Waals surface area contributed by atoms with Crippen molar-refractivity contribution >= 4 is 21.6 Å². The molecule has 0 amide bonds. The molecule has 1 fully saturated rings. The van der Waals surface area contributed by atoms with Crippen molar-refractivity contribution in [3.05, 3.63) is 29.3 Å². The average Bonchev–Trinajstić information content (AvgIpc) is 2.46. The van der Waals surface area contributed by atoms with Crippen LogP contribution in [0.15, 0.2) is 18.2 Å². The number of anilines is 1. The number of methoxy groups -OCH3 is 1. The van der Waals surface area contributed by atoms with Crippen molar-refractivity contribution in [1.29, 1.82) is 0 Å². The summed E-state index contributed by atoms with van der Waals surface area (Å²) in [4.78, 5) is 1.97. The Kier molecular flexibility index (Phi) is 4.88. The highest BCUT2D eigenvalue weighted by molar-refractivity contribution is 9.08. The van der Waals surface area contributed by atoms with Crippen molar-refractivity contribution in [2.24, 2.45) is 0 Å². The maximum absolute atomic E-state index is 13.1. The molecule has 2 rings (SSSR count). The largest absolute Gasteiger partial charge is 0.416 e. The van der Waals surface area contributed by atoms with E-state index in [-0.39, 0.29) is 16.5 Å². The average molecular weight is 366 g/mol. The Morgan fingerprint density at radius 3 is 2.67 bits per heavy atom. The van der Waals surface area contributed by atoms with Gasteiger partial charge >= 0.3 is 6.18 Å². The van der Waals surface area contributed by atoms with Gasteiger partial charge in [-0.05, 0) is 37.5 Å². The van der Waals surface area contributed by atoms with Gasteiger partial charge in [0.25, 0.3) is 0 Å². The van der Waals surface area contributed by atoms with Crippen LogP contribution in [0.4, 0.5) is 18.9 Å². The van der Waals surface area contributed by atoms with E-state index in [2.05, 4.69) is 15.9 Å². The normalized spacial score (nSPS) is 23.4. The third-order valence-electron chi connectivity index (χ3n) is 4.06. The highest BCUT2D eigenvalue weighted by Crippen LogP contribution is 2.37. The minimum absolute atomic E-state index is 0.192. The lowest BCUT2D eigenvalue weighted by atomic mass is 9.94. The summed E-state index contributed by atoms with van der Waals surface area (Å²) in [6.07, 6.45) is -2.50. The number of halogens is 4. The van der Waals surface area contributed by atoms with Gasteiger partial charge in [0.05, 0.1) is 11.2 Å². The number of piperidine rings is 1. The summed E-state index contributed by atoms with van der Waals surface area (Å²) in [5, 5.41) is 0.192. The molecule has 0 radical (unpaired) electrons. The summed E-state index contributed by atoms with van der Waals surface area (Å²) in [6, 6.07) is 4.55. The predicted octanol–water partition coefficient (Wildman–Crippen LogP) is 4.61. The minimum atomic E-state index is -4.33. The zero-order valence-electron chi connectivity index (χ0n) is 12.1. The summed E-state index contributed by atoms with van der Waals surface area (Å²) in [7, 11) is 1.65. The molecule has 21 heavy (non-hydrogen) atoms. The van der Waals surface area contributed by atoms with E-state index >= 15 is 0 Å². The predicted molar refractivity (Wildman–Crippen MR) is 80.9 cm³/mol. The van der Waals surface area contributed by atoms with Crippen LogP contribution in [-0.2, 0) is 16.2 Å². The van der Waals surface area contributed by atoms with E-state index in [0.717, 1.165) is 19.4 Å². The van der Waals surface area contributed by atoms with Gasteiger partial charge in [-0.3, -0.25) is 0 Å². The standard InChI is InChI=1S/C15H19BrF3NO/c1-14(21-2)6-3-7-20(10-14)12-5-4-11(9-16)13(8-12)15(17,18)19/h4-5,8H,3,6-7,9-10H2,1-2H3. The first-order chi connectivity index (χ1) is 9.79. The number of ether oxygens (including phenoxy) is 1. The number of nitrogens with zero attached hydrogens (tertiary/aromatic N) is 1. The van der Waals surface area contributed by atoms with Crippen molar-refractivity contribution in [1.82, 2.24) is 0 Å². The maximum Gasteiger partial charge on any atom is 0.416 e. The molecular weight excluding hydrogens is 347 g/mol. The molecule has 1 saturated heterocycles. The van der Waals surface area contributed by atoms with E-state index in [1.54, 1.807) is 19.2 Å². The van der Waals surface area contributed by atoms with Crippen LogP contribution in [-0.4, -0.2) is 25.8 Å². The van der Waals surface area contributed by atoms with E-state index in [4.69, 9.17) is 4.74 Å². The van der Waals surface area contributed by atoms with E-state index < -0.39 is 11.7 Å². The van der Waals surface area contributed by atoms with Crippen LogP contribution in [0.5, 0.6) is 0 Å². The third kappa shape index (κ3) is 3.72. The first-order valence-electron chi connectivity index (χ1n) is 6.85. The van der Waals surface area contributed by atoms with Gasteiger partial charge in [0.1, 0.15) is 0 Å². The Hall–Kier alpha value is -0.750. The molecule has 0 saturated carbocycles. The van der Waals surface area contributed by atoms with Crippen molar-refractivity contribution in [2.75, 3.05) is 25.1 Å². The molecule has 118 valence electrons. The summed E-state index contributed by atoms with van der Waals surface area (Å²) >= 11 is 3.12. The van der Waals surface area contributed by atoms with Crippen molar-refractivity contribution in [3.8, 4) is 0 Å².